The summed E-state index contributed by atoms with van der Waals surface area (Å²) >= 11 is 5.62. The number of hydrogen-bond donors (Lipinski definition) is 2. The van der Waals surface area contributed by atoms with Crippen molar-refractivity contribution < 1.29 is 23.8 Å². The van der Waals surface area contributed by atoms with Crippen LogP contribution in [0.1, 0.15) is 30.9 Å². The normalized spacial score (nSPS) is 19.5. The highest BCUT2D eigenvalue weighted by molar-refractivity contribution is 6.30. The maximum atomic E-state index is 13.6. The number of aliphatic carboxylic acids is 1. The maximum absolute atomic E-state index is 13.6. The summed E-state index contributed by atoms with van der Waals surface area (Å²) in [6.45, 7) is 0.950. The van der Waals surface area contributed by atoms with Gasteiger partial charge in [0.25, 0.3) is 0 Å². The molecule has 1 fully saturated rings. The monoisotopic (exact) mass is 329 g/mol. The molecule has 1 aliphatic rings. The van der Waals surface area contributed by atoms with Crippen LogP contribution in [0.3, 0.4) is 0 Å². The first-order valence-corrected chi connectivity index (χ1v) is 7.40. The zero-order valence-electron chi connectivity index (χ0n) is 11.9. The fraction of sp³-hybridized carbons (Fsp3) is 0.467. The number of amides is 1. The number of benzene rings is 1. The van der Waals surface area contributed by atoms with Gasteiger partial charge < -0.3 is 15.2 Å². The number of carbonyl (C=O) groups is 2. The Bertz CT molecular complexity index is 560. The van der Waals surface area contributed by atoms with E-state index in [4.69, 9.17) is 21.4 Å². The quantitative estimate of drug-likeness (QED) is 0.870. The third-order valence-electron chi connectivity index (χ3n) is 3.57. The fourth-order valence-corrected chi connectivity index (χ4v) is 2.51. The molecule has 0 bridgehead atoms. The molecule has 0 radical (unpaired) electrons. The van der Waals surface area contributed by atoms with Gasteiger partial charge in [0.2, 0.25) is 5.91 Å². The van der Waals surface area contributed by atoms with Gasteiger partial charge in [-0.25, -0.2) is 4.39 Å². The third kappa shape index (κ3) is 4.42. The van der Waals surface area contributed by atoms with E-state index in [2.05, 4.69) is 5.32 Å². The lowest BCUT2D eigenvalue weighted by Crippen LogP contribution is -2.38. The number of halogens is 2. The van der Waals surface area contributed by atoms with Crippen LogP contribution in [0.4, 0.5) is 4.39 Å². The first-order chi connectivity index (χ1) is 10.5. The summed E-state index contributed by atoms with van der Waals surface area (Å²) in [5, 5.41) is 11.6. The van der Waals surface area contributed by atoms with E-state index in [0.29, 0.717) is 25.2 Å². The lowest BCUT2D eigenvalue weighted by atomic mass is 9.98. The molecule has 1 aliphatic heterocycles. The van der Waals surface area contributed by atoms with Crippen molar-refractivity contribution in [3.8, 4) is 0 Å². The molecule has 1 heterocycles. The van der Waals surface area contributed by atoms with E-state index in [-0.39, 0.29) is 23.3 Å². The van der Waals surface area contributed by atoms with E-state index < -0.39 is 17.8 Å². The Hall–Kier alpha value is -1.66. The molecule has 0 saturated carbocycles. The number of rotatable bonds is 5. The van der Waals surface area contributed by atoms with E-state index in [1.54, 1.807) is 0 Å². The Morgan fingerprint density at radius 1 is 1.50 bits per heavy atom. The Morgan fingerprint density at radius 3 is 2.86 bits per heavy atom. The van der Waals surface area contributed by atoms with Gasteiger partial charge in [0.05, 0.1) is 30.0 Å². The van der Waals surface area contributed by atoms with E-state index in [0.717, 1.165) is 12.5 Å². The number of nitrogens with one attached hydrogen (secondary N) is 1. The van der Waals surface area contributed by atoms with Crippen LogP contribution in [0.25, 0.3) is 0 Å². The van der Waals surface area contributed by atoms with Crippen molar-refractivity contribution in [1.82, 2.24) is 5.32 Å². The van der Waals surface area contributed by atoms with Crippen LogP contribution in [0.2, 0.25) is 5.02 Å². The van der Waals surface area contributed by atoms with Crippen molar-refractivity contribution in [2.24, 2.45) is 5.92 Å². The third-order valence-corrected chi connectivity index (χ3v) is 3.88. The van der Waals surface area contributed by atoms with Crippen molar-refractivity contribution in [2.75, 3.05) is 13.2 Å². The average molecular weight is 330 g/mol. The van der Waals surface area contributed by atoms with Crippen molar-refractivity contribution in [1.29, 1.82) is 0 Å². The van der Waals surface area contributed by atoms with Crippen LogP contribution in [-0.2, 0) is 14.3 Å². The molecule has 7 heteroatoms. The predicted molar refractivity (Wildman–Crippen MR) is 78.1 cm³/mol. The highest BCUT2D eigenvalue weighted by Gasteiger charge is 2.26. The van der Waals surface area contributed by atoms with Crippen LogP contribution in [0.15, 0.2) is 18.2 Å². The maximum Gasteiger partial charge on any atom is 0.305 e. The molecule has 0 unspecified atom stereocenters. The molecule has 1 amide bonds. The summed E-state index contributed by atoms with van der Waals surface area (Å²) < 4.78 is 18.8. The van der Waals surface area contributed by atoms with Crippen LogP contribution in [0.5, 0.6) is 0 Å². The van der Waals surface area contributed by atoms with Gasteiger partial charge in [-0.15, -0.1) is 0 Å². The lowest BCUT2D eigenvalue weighted by Gasteiger charge is -2.24. The summed E-state index contributed by atoms with van der Waals surface area (Å²) in [6, 6.07) is 3.19. The van der Waals surface area contributed by atoms with E-state index in [1.165, 1.54) is 12.1 Å². The van der Waals surface area contributed by atoms with Gasteiger partial charge in [-0.3, -0.25) is 9.59 Å². The Kier molecular flexibility index (Phi) is 5.74. The Labute approximate surface area is 132 Å². The van der Waals surface area contributed by atoms with E-state index >= 15 is 0 Å². The fourth-order valence-electron chi connectivity index (χ4n) is 2.39. The van der Waals surface area contributed by atoms with Crippen molar-refractivity contribution in [3.63, 3.8) is 0 Å². The molecule has 5 nitrogen and oxygen atoms in total. The van der Waals surface area contributed by atoms with Gasteiger partial charge in [-0.05, 0) is 30.5 Å². The van der Waals surface area contributed by atoms with E-state index in [1.807, 2.05) is 0 Å². The van der Waals surface area contributed by atoms with Crippen LogP contribution >= 0.6 is 11.6 Å². The number of carboxylic acid groups (broad SMARTS) is 1. The average Bonchev–Trinajstić information content (AvgIpc) is 2.49. The van der Waals surface area contributed by atoms with Gasteiger partial charge in [0.15, 0.2) is 0 Å². The standard InChI is InChI=1S/C15H17ClFNO4/c16-11-4-3-9(6-12(11)17)13(7-14(19)20)18-15(21)10-2-1-5-22-8-10/h3-4,6,10,13H,1-2,5,7-8H2,(H,18,21)(H,19,20)/t10-,13+/m1/s1. The topological polar surface area (TPSA) is 75.6 Å². The molecule has 0 spiro atoms. The molecule has 22 heavy (non-hydrogen) atoms. The second-order valence-electron chi connectivity index (χ2n) is 5.25. The van der Waals surface area contributed by atoms with Crippen LogP contribution in [0, 0.1) is 11.7 Å². The molecule has 1 aromatic carbocycles. The lowest BCUT2D eigenvalue weighted by molar-refractivity contribution is -0.138. The zero-order valence-corrected chi connectivity index (χ0v) is 12.6. The summed E-state index contributed by atoms with van der Waals surface area (Å²) in [5.74, 6) is -2.31. The van der Waals surface area contributed by atoms with Crippen molar-refractivity contribution in [2.45, 2.75) is 25.3 Å². The van der Waals surface area contributed by atoms with Gasteiger partial charge in [0, 0.05) is 6.61 Å². The molecule has 2 atom stereocenters. The largest absolute Gasteiger partial charge is 0.481 e. The molecule has 120 valence electrons. The first kappa shape index (κ1) is 16.7. The van der Waals surface area contributed by atoms with Gasteiger partial charge in [-0.2, -0.15) is 0 Å². The summed E-state index contributed by atoms with van der Waals surface area (Å²) in [4.78, 5) is 23.2. The predicted octanol–water partition coefficient (Wildman–Crippen LogP) is 2.54. The molecule has 1 aromatic rings. The minimum atomic E-state index is -1.08. The van der Waals surface area contributed by atoms with E-state index in [9.17, 15) is 14.0 Å². The number of ether oxygens (including phenoxy) is 1. The SMILES string of the molecule is O=C(O)C[C@H](NC(=O)[C@@H]1CCCOC1)c1ccc(Cl)c(F)c1. The Morgan fingerprint density at radius 2 is 2.27 bits per heavy atom. The van der Waals surface area contributed by atoms with Gasteiger partial charge >= 0.3 is 5.97 Å². The molecule has 1 saturated heterocycles. The summed E-state index contributed by atoms with van der Waals surface area (Å²) in [7, 11) is 0. The minimum Gasteiger partial charge on any atom is -0.481 e. The van der Waals surface area contributed by atoms with Crippen LogP contribution in [-0.4, -0.2) is 30.2 Å². The second kappa shape index (κ2) is 7.56. The van der Waals surface area contributed by atoms with Crippen LogP contribution < -0.4 is 5.32 Å². The van der Waals surface area contributed by atoms with Gasteiger partial charge in [0.1, 0.15) is 5.82 Å². The van der Waals surface area contributed by atoms with Crippen molar-refractivity contribution >= 4 is 23.5 Å². The highest BCUT2D eigenvalue weighted by Crippen LogP contribution is 2.24. The molecule has 0 aromatic heterocycles. The summed E-state index contributed by atoms with van der Waals surface area (Å²) in [5.41, 5.74) is 0.370. The first-order valence-electron chi connectivity index (χ1n) is 7.02. The number of hydrogen-bond acceptors (Lipinski definition) is 3. The van der Waals surface area contributed by atoms with Gasteiger partial charge in [-0.1, -0.05) is 17.7 Å². The zero-order chi connectivity index (χ0) is 16.1. The second-order valence-corrected chi connectivity index (χ2v) is 5.65. The minimum absolute atomic E-state index is 0.0511. The number of carboxylic acids is 1. The molecule has 2 N–H and O–H groups in total. The highest BCUT2D eigenvalue weighted by atomic mass is 35.5. The Balaban J connectivity index is 2.12. The molecular weight excluding hydrogens is 313 g/mol. The molecule has 2 rings (SSSR count). The number of carbonyl (C=O) groups excluding carboxylic acids is 1. The molecule has 0 aliphatic carbocycles. The summed E-state index contributed by atoms with van der Waals surface area (Å²) in [6.07, 6.45) is 1.15. The smallest absolute Gasteiger partial charge is 0.305 e. The van der Waals surface area contributed by atoms with Crippen molar-refractivity contribution in [3.05, 3.63) is 34.6 Å². The molecular formula is C15H17ClFNO4.